The molecule has 1 amide bonds. The first-order valence-electron chi connectivity index (χ1n) is 4.89. The lowest BCUT2D eigenvalue weighted by atomic mass is 10.2. The van der Waals surface area contributed by atoms with Crippen LogP contribution >= 0.6 is 12.6 Å². The summed E-state index contributed by atoms with van der Waals surface area (Å²) in [6, 6.07) is 6.99. The number of nitrogens with one attached hydrogen (secondary N) is 1. The molecule has 0 aromatic heterocycles. The number of carbonyl (C=O) groups is 1. The summed E-state index contributed by atoms with van der Waals surface area (Å²) in [7, 11) is -0.908. The Bertz CT molecular complexity index is 407. The summed E-state index contributed by atoms with van der Waals surface area (Å²) in [6.45, 7) is 1.83. The molecule has 2 atom stereocenters. The van der Waals surface area contributed by atoms with Crippen LogP contribution in [0.4, 0.5) is 0 Å². The minimum absolute atomic E-state index is 0.105. The molecule has 1 N–H and O–H groups in total. The van der Waals surface area contributed by atoms with E-state index >= 15 is 0 Å². The molecule has 0 aliphatic carbocycles. The Morgan fingerprint density at radius 1 is 1.50 bits per heavy atom. The van der Waals surface area contributed by atoms with E-state index in [0.29, 0.717) is 16.2 Å². The first-order valence-corrected chi connectivity index (χ1v) is 7.07. The fourth-order valence-corrected chi connectivity index (χ4v) is 2.41. The minimum Gasteiger partial charge on any atom is -0.349 e. The Morgan fingerprint density at radius 3 is 2.69 bits per heavy atom. The molecule has 1 rings (SSSR count). The van der Waals surface area contributed by atoms with Gasteiger partial charge in [-0.2, -0.15) is 0 Å². The maximum absolute atomic E-state index is 11.8. The van der Waals surface area contributed by atoms with Crippen molar-refractivity contribution in [2.24, 2.45) is 0 Å². The van der Waals surface area contributed by atoms with E-state index in [1.807, 2.05) is 13.0 Å². The Morgan fingerprint density at radius 2 is 2.12 bits per heavy atom. The summed E-state index contributed by atoms with van der Waals surface area (Å²) in [5.74, 6) is 0.282. The zero-order valence-corrected chi connectivity index (χ0v) is 11.0. The van der Waals surface area contributed by atoms with Crippen molar-refractivity contribution in [3.63, 3.8) is 0 Å². The van der Waals surface area contributed by atoms with Crippen molar-refractivity contribution >= 4 is 29.3 Å². The van der Waals surface area contributed by atoms with Gasteiger partial charge >= 0.3 is 0 Å². The Kier molecular flexibility index (Phi) is 5.02. The van der Waals surface area contributed by atoms with E-state index in [1.165, 1.54) is 0 Å². The number of carbonyl (C=O) groups excluding carboxylic acids is 1. The van der Waals surface area contributed by atoms with E-state index in [1.54, 1.807) is 24.5 Å². The molecule has 2 unspecified atom stereocenters. The monoisotopic (exact) mass is 257 g/mol. The lowest BCUT2D eigenvalue weighted by Crippen LogP contribution is -2.36. The maximum atomic E-state index is 11.8. The van der Waals surface area contributed by atoms with Crippen molar-refractivity contribution in [2.45, 2.75) is 17.9 Å². The molecule has 0 aliphatic rings. The SMILES string of the molecule is CC(CS(C)=O)NC(=O)c1ccccc1S. The van der Waals surface area contributed by atoms with Crippen molar-refractivity contribution in [2.75, 3.05) is 12.0 Å². The van der Waals surface area contributed by atoms with Gasteiger partial charge in [-0.3, -0.25) is 9.00 Å². The highest BCUT2D eigenvalue weighted by molar-refractivity contribution is 7.84. The molecule has 0 spiro atoms. The first-order chi connectivity index (χ1) is 7.50. The fourth-order valence-electron chi connectivity index (χ4n) is 1.36. The van der Waals surface area contributed by atoms with Gasteiger partial charge in [0.25, 0.3) is 5.91 Å². The second-order valence-corrected chi connectivity index (χ2v) is 5.59. The van der Waals surface area contributed by atoms with Crippen molar-refractivity contribution in [3.8, 4) is 0 Å². The molecule has 16 heavy (non-hydrogen) atoms. The third kappa shape index (κ3) is 3.98. The second-order valence-electron chi connectivity index (χ2n) is 3.63. The molecule has 1 aromatic carbocycles. The van der Waals surface area contributed by atoms with E-state index in [2.05, 4.69) is 17.9 Å². The summed E-state index contributed by atoms with van der Waals surface area (Å²) in [6.07, 6.45) is 1.62. The normalized spacial score (nSPS) is 14.2. The fraction of sp³-hybridized carbons (Fsp3) is 0.364. The van der Waals surface area contributed by atoms with Crippen molar-refractivity contribution in [1.82, 2.24) is 5.32 Å². The van der Waals surface area contributed by atoms with Crippen LogP contribution in [0.25, 0.3) is 0 Å². The van der Waals surface area contributed by atoms with E-state index in [-0.39, 0.29) is 11.9 Å². The van der Waals surface area contributed by atoms with Crippen LogP contribution < -0.4 is 5.32 Å². The predicted molar refractivity (Wildman–Crippen MR) is 69.6 cm³/mol. The predicted octanol–water partition coefficient (Wildman–Crippen LogP) is 1.47. The highest BCUT2D eigenvalue weighted by atomic mass is 32.2. The molecule has 0 bridgehead atoms. The molecular weight excluding hydrogens is 242 g/mol. The number of amides is 1. The van der Waals surface area contributed by atoms with Gasteiger partial charge in [-0.15, -0.1) is 12.6 Å². The molecule has 3 nitrogen and oxygen atoms in total. The summed E-state index contributed by atoms with van der Waals surface area (Å²) >= 11 is 4.21. The maximum Gasteiger partial charge on any atom is 0.252 e. The van der Waals surface area contributed by atoms with Crippen LogP contribution in [0.3, 0.4) is 0 Å². The minimum atomic E-state index is -0.908. The highest BCUT2D eigenvalue weighted by Crippen LogP contribution is 2.12. The van der Waals surface area contributed by atoms with Gasteiger partial charge in [-0.25, -0.2) is 0 Å². The molecule has 0 saturated heterocycles. The quantitative estimate of drug-likeness (QED) is 0.802. The van der Waals surface area contributed by atoms with Gasteiger partial charge in [0, 0.05) is 33.7 Å². The standard InChI is InChI=1S/C11H15NO2S2/c1-8(7-16(2)14)12-11(13)9-5-3-4-6-10(9)15/h3-6,8,15H,7H2,1-2H3,(H,12,13). The van der Waals surface area contributed by atoms with Crippen LogP contribution in [-0.4, -0.2) is 28.2 Å². The van der Waals surface area contributed by atoms with E-state index in [4.69, 9.17) is 0 Å². The molecule has 1 aromatic rings. The molecular formula is C11H15NO2S2. The molecule has 88 valence electrons. The lowest BCUT2D eigenvalue weighted by Gasteiger charge is -2.13. The number of thiol groups is 1. The third-order valence-corrected chi connectivity index (χ3v) is 3.37. The molecule has 0 radical (unpaired) electrons. The van der Waals surface area contributed by atoms with E-state index in [0.717, 1.165) is 0 Å². The summed E-state index contributed by atoms with van der Waals surface area (Å²) < 4.78 is 11.0. The van der Waals surface area contributed by atoms with Gasteiger partial charge in [-0.05, 0) is 19.1 Å². The Balaban J connectivity index is 2.66. The Labute approximate surface area is 103 Å². The largest absolute Gasteiger partial charge is 0.349 e. The van der Waals surface area contributed by atoms with Crippen LogP contribution in [0.15, 0.2) is 29.2 Å². The summed E-state index contributed by atoms with van der Waals surface area (Å²) in [4.78, 5) is 12.4. The second kappa shape index (κ2) is 6.06. The van der Waals surface area contributed by atoms with Crippen LogP contribution in [0.2, 0.25) is 0 Å². The van der Waals surface area contributed by atoms with E-state index < -0.39 is 10.8 Å². The topological polar surface area (TPSA) is 46.2 Å². The Hall–Kier alpha value is -0.810. The van der Waals surface area contributed by atoms with Crippen molar-refractivity contribution < 1.29 is 9.00 Å². The average Bonchev–Trinajstić information content (AvgIpc) is 2.16. The number of hydrogen-bond acceptors (Lipinski definition) is 3. The van der Waals surface area contributed by atoms with E-state index in [9.17, 15) is 9.00 Å². The van der Waals surface area contributed by atoms with Gasteiger partial charge in [-0.1, -0.05) is 12.1 Å². The van der Waals surface area contributed by atoms with Crippen LogP contribution in [0.5, 0.6) is 0 Å². The van der Waals surface area contributed by atoms with Gasteiger partial charge in [0.2, 0.25) is 0 Å². The van der Waals surface area contributed by atoms with Crippen molar-refractivity contribution in [1.29, 1.82) is 0 Å². The van der Waals surface area contributed by atoms with Gasteiger partial charge < -0.3 is 5.32 Å². The number of hydrogen-bond donors (Lipinski definition) is 2. The van der Waals surface area contributed by atoms with Crippen molar-refractivity contribution in [3.05, 3.63) is 29.8 Å². The van der Waals surface area contributed by atoms with Gasteiger partial charge in [0.05, 0.1) is 5.56 Å². The summed E-state index contributed by atoms with van der Waals surface area (Å²) in [5.41, 5.74) is 0.541. The molecule has 0 saturated carbocycles. The number of rotatable bonds is 4. The smallest absolute Gasteiger partial charge is 0.252 e. The lowest BCUT2D eigenvalue weighted by molar-refractivity contribution is 0.0941. The molecule has 0 aliphatic heterocycles. The average molecular weight is 257 g/mol. The zero-order chi connectivity index (χ0) is 12.1. The highest BCUT2D eigenvalue weighted by Gasteiger charge is 2.12. The van der Waals surface area contributed by atoms with Crippen LogP contribution in [0, 0.1) is 0 Å². The van der Waals surface area contributed by atoms with Crippen LogP contribution in [0.1, 0.15) is 17.3 Å². The third-order valence-electron chi connectivity index (χ3n) is 2.01. The zero-order valence-electron chi connectivity index (χ0n) is 9.27. The molecule has 0 fully saturated rings. The molecule has 5 heteroatoms. The van der Waals surface area contributed by atoms with Gasteiger partial charge in [0.1, 0.15) is 0 Å². The first kappa shape index (κ1) is 13.3. The van der Waals surface area contributed by atoms with Crippen LogP contribution in [-0.2, 0) is 10.8 Å². The molecule has 0 heterocycles. The number of benzene rings is 1. The summed E-state index contributed by atoms with van der Waals surface area (Å²) in [5, 5.41) is 2.79. The van der Waals surface area contributed by atoms with Gasteiger partial charge in [0.15, 0.2) is 0 Å².